The zero-order chi connectivity index (χ0) is 6.41. The van der Waals surface area contributed by atoms with Crippen molar-refractivity contribution in [2.24, 2.45) is 0 Å². The van der Waals surface area contributed by atoms with Gasteiger partial charge in [0.15, 0.2) is 0 Å². The summed E-state index contributed by atoms with van der Waals surface area (Å²) in [5.74, 6) is 0. The maximum atomic E-state index is 10.2. The molecule has 0 saturated heterocycles. The number of carbonyl (C=O) groups excluding carboxylic acids is 1. The van der Waals surface area contributed by atoms with Crippen LogP contribution in [0.15, 0.2) is 0 Å². The topological polar surface area (TPSA) is 35.5 Å². The molecule has 4 heteroatoms. The Balaban J connectivity index is -0.000000245. The van der Waals surface area contributed by atoms with Crippen LogP contribution < -0.4 is 29.6 Å². The minimum atomic E-state index is -0.588. The largest absolute Gasteiger partial charge is 1.00 e. The normalized spacial score (nSPS) is 7.33. The standard InChI is InChI=1S/C5H10O3.Na.H/c1-3-7-5(6)8-4-2;;/h3-4H2,1-2H3;;/q;+1;-1. The minimum Gasteiger partial charge on any atom is -1.00 e. The van der Waals surface area contributed by atoms with Crippen LogP contribution in [0.1, 0.15) is 15.3 Å². The van der Waals surface area contributed by atoms with Crippen molar-refractivity contribution < 1.29 is 45.3 Å². The first-order valence-corrected chi connectivity index (χ1v) is 2.60. The van der Waals surface area contributed by atoms with E-state index in [2.05, 4.69) is 9.47 Å². The average molecular weight is 142 g/mol. The summed E-state index contributed by atoms with van der Waals surface area (Å²) in [4.78, 5) is 10.2. The van der Waals surface area contributed by atoms with Crippen molar-refractivity contribution in [3.8, 4) is 0 Å². The van der Waals surface area contributed by atoms with Gasteiger partial charge in [-0.15, -0.1) is 0 Å². The Morgan fingerprint density at radius 2 is 1.67 bits per heavy atom. The van der Waals surface area contributed by atoms with Gasteiger partial charge >= 0.3 is 35.7 Å². The second-order valence-electron chi connectivity index (χ2n) is 1.12. The molecular weight excluding hydrogens is 131 g/mol. The summed E-state index contributed by atoms with van der Waals surface area (Å²) >= 11 is 0. The number of hydrogen-bond donors (Lipinski definition) is 0. The van der Waals surface area contributed by atoms with Gasteiger partial charge in [0.2, 0.25) is 0 Å². The van der Waals surface area contributed by atoms with Crippen molar-refractivity contribution in [1.82, 2.24) is 0 Å². The third-order valence-corrected chi connectivity index (χ3v) is 0.524. The van der Waals surface area contributed by atoms with Gasteiger partial charge in [0, 0.05) is 0 Å². The van der Waals surface area contributed by atoms with Crippen LogP contribution in [-0.4, -0.2) is 19.4 Å². The van der Waals surface area contributed by atoms with Gasteiger partial charge in [-0.1, -0.05) is 0 Å². The van der Waals surface area contributed by atoms with Crippen molar-refractivity contribution in [2.75, 3.05) is 13.2 Å². The predicted octanol–water partition coefficient (Wildman–Crippen LogP) is -1.70. The molecule has 0 aromatic heterocycles. The summed E-state index contributed by atoms with van der Waals surface area (Å²) in [6, 6.07) is 0. The van der Waals surface area contributed by atoms with Crippen LogP contribution in [-0.2, 0) is 9.47 Å². The Morgan fingerprint density at radius 3 is 1.89 bits per heavy atom. The van der Waals surface area contributed by atoms with Crippen molar-refractivity contribution >= 4 is 6.16 Å². The van der Waals surface area contributed by atoms with Gasteiger partial charge in [-0.05, 0) is 13.8 Å². The molecule has 3 nitrogen and oxygen atoms in total. The van der Waals surface area contributed by atoms with Crippen LogP contribution >= 0.6 is 0 Å². The Morgan fingerprint density at radius 1 is 1.33 bits per heavy atom. The maximum absolute atomic E-state index is 10.2. The van der Waals surface area contributed by atoms with Gasteiger partial charge in [-0.25, -0.2) is 4.79 Å². The van der Waals surface area contributed by atoms with Gasteiger partial charge in [-0.2, -0.15) is 0 Å². The van der Waals surface area contributed by atoms with E-state index in [0.29, 0.717) is 13.2 Å². The van der Waals surface area contributed by atoms with Gasteiger partial charge in [-0.3, -0.25) is 0 Å². The first-order valence-electron chi connectivity index (χ1n) is 2.60. The summed E-state index contributed by atoms with van der Waals surface area (Å²) in [6.45, 7) is 4.21. The molecule has 0 radical (unpaired) electrons. The van der Waals surface area contributed by atoms with E-state index >= 15 is 0 Å². The molecule has 0 spiro atoms. The molecule has 0 rings (SSSR count). The summed E-state index contributed by atoms with van der Waals surface area (Å²) in [5.41, 5.74) is 0. The first kappa shape index (κ1) is 12.0. The molecule has 50 valence electrons. The maximum Gasteiger partial charge on any atom is 1.00 e. The molecule has 0 aromatic carbocycles. The number of rotatable bonds is 2. The molecule has 0 saturated carbocycles. The van der Waals surface area contributed by atoms with Crippen LogP contribution in [0.3, 0.4) is 0 Å². The molecule has 0 heterocycles. The van der Waals surface area contributed by atoms with Crippen molar-refractivity contribution in [2.45, 2.75) is 13.8 Å². The van der Waals surface area contributed by atoms with Gasteiger partial charge in [0.25, 0.3) is 0 Å². The Bertz CT molecular complexity index is 71.3. The number of ether oxygens (including phenoxy) is 2. The smallest absolute Gasteiger partial charge is 1.00 e. The van der Waals surface area contributed by atoms with Crippen LogP contribution in [0.4, 0.5) is 4.79 Å². The fourth-order valence-electron chi connectivity index (χ4n) is 0.277. The molecule has 0 atom stereocenters. The van der Waals surface area contributed by atoms with E-state index in [1.807, 2.05) is 0 Å². The molecule has 0 unspecified atom stereocenters. The number of hydrogen-bond acceptors (Lipinski definition) is 3. The van der Waals surface area contributed by atoms with Gasteiger partial charge in [0.1, 0.15) is 0 Å². The summed E-state index contributed by atoms with van der Waals surface area (Å²) < 4.78 is 8.84. The van der Waals surface area contributed by atoms with E-state index in [0.717, 1.165) is 0 Å². The monoisotopic (exact) mass is 142 g/mol. The predicted molar refractivity (Wildman–Crippen MR) is 29.8 cm³/mol. The third kappa shape index (κ3) is 8.27. The van der Waals surface area contributed by atoms with E-state index < -0.39 is 6.16 Å². The second-order valence-corrected chi connectivity index (χ2v) is 1.12. The zero-order valence-corrected chi connectivity index (χ0v) is 8.14. The summed E-state index contributed by atoms with van der Waals surface area (Å²) in [6.07, 6.45) is -0.588. The molecule has 0 aliphatic carbocycles. The first-order chi connectivity index (χ1) is 3.81. The molecule has 0 amide bonds. The van der Waals surface area contributed by atoms with Gasteiger partial charge in [0.05, 0.1) is 13.2 Å². The fraction of sp³-hybridized carbons (Fsp3) is 0.800. The molecule has 0 aliphatic rings. The average Bonchev–Trinajstić information content (AvgIpc) is 1.68. The van der Waals surface area contributed by atoms with Gasteiger partial charge < -0.3 is 10.9 Å². The minimum absolute atomic E-state index is 0. The van der Waals surface area contributed by atoms with E-state index in [-0.39, 0.29) is 31.0 Å². The van der Waals surface area contributed by atoms with Crippen LogP contribution in [0.25, 0.3) is 0 Å². The molecule has 0 aliphatic heterocycles. The molecular formula is C5H11NaO3. The van der Waals surface area contributed by atoms with Crippen LogP contribution in [0.2, 0.25) is 0 Å². The van der Waals surface area contributed by atoms with Crippen LogP contribution in [0, 0.1) is 0 Å². The van der Waals surface area contributed by atoms with Crippen molar-refractivity contribution in [1.29, 1.82) is 0 Å². The number of carbonyl (C=O) groups is 1. The van der Waals surface area contributed by atoms with E-state index in [1.54, 1.807) is 13.8 Å². The molecule has 9 heavy (non-hydrogen) atoms. The Hall–Kier alpha value is 0.270. The van der Waals surface area contributed by atoms with E-state index in [9.17, 15) is 4.79 Å². The van der Waals surface area contributed by atoms with Crippen molar-refractivity contribution in [3.05, 3.63) is 0 Å². The Labute approximate surface area is 78.5 Å². The van der Waals surface area contributed by atoms with E-state index in [1.165, 1.54) is 0 Å². The van der Waals surface area contributed by atoms with Crippen molar-refractivity contribution in [3.63, 3.8) is 0 Å². The molecule has 0 aromatic rings. The fourth-order valence-corrected chi connectivity index (χ4v) is 0.277. The Kier molecular flexibility index (Phi) is 11.0. The molecule has 0 N–H and O–H groups in total. The zero-order valence-electron chi connectivity index (χ0n) is 7.14. The van der Waals surface area contributed by atoms with Crippen LogP contribution in [0.5, 0.6) is 0 Å². The van der Waals surface area contributed by atoms with E-state index in [4.69, 9.17) is 0 Å². The second kappa shape index (κ2) is 8.27. The molecule has 0 bridgehead atoms. The summed E-state index contributed by atoms with van der Waals surface area (Å²) in [7, 11) is 0. The molecule has 0 fully saturated rings. The third-order valence-electron chi connectivity index (χ3n) is 0.524. The quantitative estimate of drug-likeness (QED) is 0.340. The SMILES string of the molecule is CCOC(=O)OCC.[H-].[Na+]. The summed E-state index contributed by atoms with van der Waals surface area (Å²) in [5, 5.41) is 0.